The van der Waals surface area contributed by atoms with Crippen molar-refractivity contribution in [3.05, 3.63) is 48.5 Å². The fourth-order valence-corrected chi connectivity index (χ4v) is 1.85. The van der Waals surface area contributed by atoms with Crippen molar-refractivity contribution in [3.63, 3.8) is 0 Å². The predicted molar refractivity (Wildman–Crippen MR) is 64.1 cm³/mol. The summed E-state index contributed by atoms with van der Waals surface area (Å²) in [5, 5.41) is 1.15. The third-order valence-corrected chi connectivity index (χ3v) is 2.62. The summed E-state index contributed by atoms with van der Waals surface area (Å²) < 4.78 is 0. The van der Waals surface area contributed by atoms with Crippen LogP contribution in [0.1, 0.15) is 5.69 Å². The Morgan fingerprint density at radius 1 is 1.06 bits per heavy atom. The smallest absolute Gasteiger partial charge is 0.137 e. The number of aryl methyl sites for hydroxylation is 1. The Morgan fingerprint density at radius 3 is 2.69 bits per heavy atom. The zero-order valence-electron chi connectivity index (χ0n) is 8.94. The first-order valence-corrected chi connectivity index (χ1v) is 5.19. The number of hydrogen-bond donors (Lipinski definition) is 1. The number of H-pyrrole nitrogens is 1. The molecule has 78 valence electrons. The number of aromatic amines is 1. The van der Waals surface area contributed by atoms with Gasteiger partial charge in [-0.3, -0.25) is 4.98 Å². The number of nitrogens with one attached hydrogen (secondary N) is 1. The minimum Gasteiger partial charge on any atom is -0.344 e. The molecule has 3 aromatic rings. The molecule has 0 aliphatic rings. The van der Waals surface area contributed by atoms with Crippen LogP contribution in [0, 0.1) is 6.92 Å². The topological polar surface area (TPSA) is 41.6 Å². The Morgan fingerprint density at radius 2 is 1.88 bits per heavy atom. The van der Waals surface area contributed by atoms with E-state index in [4.69, 9.17) is 0 Å². The monoisotopic (exact) mass is 209 g/mol. The van der Waals surface area contributed by atoms with Crippen molar-refractivity contribution in [2.75, 3.05) is 0 Å². The number of nitrogens with zero attached hydrogens (tertiary/aromatic N) is 2. The van der Waals surface area contributed by atoms with Gasteiger partial charge in [-0.05, 0) is 36.8 Å². The van der Waals surface area contributed by atoms with Gasteiger partial charge in [-0.1, -0.05) is 0 Å². The van der Waals surface area contributed by atoms with Gasteiger partial charge in [0, 0.05) is 35.2 Å². The second-order valence-electron chi connectivity index (χ2n) is 3.85. The van der Waals surface area contributed by atoms with Crippen LogP contribution in [0.3, 0.4) is 0 Å². The van der Waals surface area contributed by atoms with Crippen molar-refractivity contribution in [1.82, 2.24) is 15.0 Å². The van der Waals surface area contributed by atoms with Gasteiger partial charge in [-0.2, -0.15) is 0 Å². The van der Waals surface area contributed by atoms with Crippen LogP contribution in [-0.2, 0) is 0 Å². The molecular formula is C13H11N3. The van der Waals surface area contributed by atoms with Crippen molar-refractivity contribution in [3.8, 4) is 11.1 Å². The lowest BCUT2D eigenvalue weighted by atomic mass is 10.1. The van der Waals surface area contributed by atoms with Gasteiger partial charge in [-0.15, -0.1) is 0 Å². The second kappa shape index (κ2) is 3.45. The molecule has 0 aliphatic carbocycles. The molecule has 0 saturated carbocycles. The van der Waals surface area contributed by atoms with Crippen LogP contribution in [0.5, 0.6) is 0 Å². The van der Waals surface area contributed by atoms with Gasteiger partial charge in [-0.25, -0.2) is 4.98 Å². The molecule has 0 fully saturated rings. The Kier molecular flexibility index (Phi) is 1.96. The summed E-state index contributed by atoms with van der Waals surface area (Å²) in [7, 11) is 0. The van der Waals surface area contributed by atoms with Crippen molar-refractivity contribution in [2.45, 2.75) is 6.92 Å². The Labute approximate surface area is 93.2 Å². The highest BCUT2D eigenvalue weighted by molar-refractivity contribution is 5.82. The normalized spacial score (nSPS) is 10.8. The average molecular weight is 209 g/mol. The molecule has 3 heterocycles. The summed E-state index contributed by atoms with van der Waals surface area (Å²) >= 11 is 0. The zero-order chi connectivity index (χ0) is 11.0. The molecule has 3 aromatic heterocycles. The molecule has 3 heteroatoms. The first-order chi connectivity index (χ1) is 7.83. The lowest BCUT2D eigenvalue weighted by molar-refractivity contribution is 1.25. The fraction of sp³-hybridized carbons (Fsp3) is 0.0769. The number of pyridine rings is 2. The van der Waals surface area contributed by atoms with E-state index in [-0.39, 0.29) is 0 Å². The van der Waals surface area contributed by atoms with Crippen molar-refractivity contribution < 1.29 is 0 Å². The first kappa shape index (κ1) is 9.09. The molecule has 0 spiro atoms. The summed E-state index contributed by atoms with van der Waals surface area (Å²) in [6, 6.07) is 8.22. The highest BCUT2D eigenvalue weighted by atomic mass is 14.8. The van der Waals surface area contributed by atoms with Gasteiger partial charge in [0.2, 0.25) is 0 Å². The van der Waals surface area contributed by atoms with Crippen molar-refractivity contribution >= 4 is 11.0 Å². The van der Waals surface area contributed by atoms with Crippen LogP contribution in [0.25, 0.3) is 22.2 Å². The Balaban J connectivity index is 2.18. The van der Waals surface area contributed by atoms with Gasteiger partial charge >= 0.3 is 0 Å². The number of hydrogen-bond acceptors (Lipinski definition) is 2. The van der Waals surface area contributed by atoms with Crippen molar-refractivity contribution in [2.24, 2.45) is 0 Å². The van der Waals surface area contributed by atoms with Crippen LogP contribution in [0.15, 0.2) is 42.9 Å². The van der Waals surface area contributed by atoms with Crippen LogP contribution in [0.4, 0.5) is 0 Å². The molecule has 3 rings (SSSR count). The molecule has 0 atom stereocenters. The van der Waals surface area contributed by atoms with Gasteiger partial charge in [0.15, 0.2) is 0 Å². The molecule has 3 nitrogen and oxygen atoms in total. The summed E-state index contributed by atoms with van der Waals surface area (Å²) in [4.78, 5) is 11.6. The van der Waals surface area contributed by atoms with Gasteiger partial charge in [0.05, 0.1) is 0 Å². The molecule has 0 unspecified atom stereocenters. The maximum absolute atomic E-state index is 4.40. The minimum absolute atomic E-state index is 0.940. The van der Waals surface area contributed by atoms with Crippen LogP contribution in [-0.4, -0.2) is 15.0 Å². The highest BCUT2D eigenvalue weighted by Gasteiger charge is 2.02. The fourth-order valence-electron chi connectivity index (χ4n) is 1.85. The molecule has 0 radical (unpaired) electrons. The molecule has 1 N–H and O–H groups in total. The SMILES string of the molecule is Cc1cc2cc(-c3ccncc3)cnc2[nH]1. The van der Waals surface area contributed by atoms with E-state index in [2.05, 4.69) is 27.1 Å². The van der Waals surface area contributed by atoms with E-state index in [9.17, 15) is 0 Å². The van der Waals surface area contributed by atoms with Crippen LogP contribution < -0.4 is 0 Å². The maximum atomic E-state index is 4.40. The third kappa shape index (κ3) is 1.46. The predicted octanol–water partition coefficient (Wildman–Crippen LogP) is 2.93. The summed E-state index contributed by atoms with van der Waals surface area (Å²) in [5.74, 6) is 0. The maximum Gasteiger partial charge on any atom is 0.137 e. The second-order valence-corrected chi connectivity index (χ2v) is 3.85. The summed E-state index contributed by atoms with van der Waals surface area (Å²) in [6.45, 7) is 2.04. The quantitative estimate of drug-likeness (QED) is 0.669. The Bertz CT molecular complexity index is 626. The van der Waals surface area contributed by atoms with Gasteiger partial charge in [0.25, 0.3) is 0 Å². The number of fused-ring (bicyclic) bond motifs is 1. The molecule has 16 heavy (non-hydrogen) atoms. The molecule has 0 aliphatic heterocycles. The first-order valence-electron chi connectivity index (χ1n) is 5.19. The van der Waals surface area contributed by atoms with E-state index in [1.54, 1.807) is 12.4 Å². The van der Waals surface area contributed by atoms with Crippen LogP contribution >= 0.6 is 0 Å². The van der Waals surface area contributed by atoms with Crippen molar-refractivity contribution in [1.29, 1.82) is 0 Å². The molecule has 0 saturated heterocycles. The van der Waals surface area contributed by atoms with Gasteiger partial charge in [0.1, 0.15) is 5.65 Å². The lowest BCUT2D eigenvalue weighted by Crippen LogP contribution is -1.81. The van der Waals surface area contributed by atoms with E-state index < -0.39 is 0 Å². The third-order valence-electron chi connectivity index (χ3n) is 2.62. The van der Waals surface area contributed by atoms with Gasteiger partial charge < -0.3 is 4.98 Å². The van der Waals surface area contributed by atoms with E-state index in [1.807, 2.05) is 25.3 Å². The zero-order valence-corrected chi connectivity index (χ0v) is 8.94. The molecule has 0 amide bonds. The van der Waals surface area contributed by atoms with E-state index >= 15 is 0 Å². The molecule has 0 aromatic carbocycles. The van der Waals surface area contributed by atoms with Crippen LogP contribution in [0.2, 0.25) is 0 Å². The highest BCUT2D eigenvalue weighted by Crippen LogP contribution is 2.22. The number of aromatic nitrogens is 3. The molecule has 0 bridgehead atoms. The summed E-state index contributed by atoms with van der Waals surface area (Å²) in [6.07, 6.45) is 5.47. The standard InChI is InChI=1S/C13H11N3/c1-9-6-11-7-12(8-15-13(11)16-9)10-2-4-14-5-3-10/h2-8H,1H3,(H,15,16). The minimum atomic E-state index is 0.940. The van der Waals surface area contributed by atoms with E-state index in [0.29, 0.717) is 0 Å². The number of rotatable bonds is 1. The average Bonchev–Trinajstić information content (AvgIpc) is 2.69. The van der Waals surface area contributed by atoms with E-state index in [1.165, 1.54) is 0 Å². The summed E-state index contributed by atoms with van der Waals surface area (Å²) in [5.41, 5.74) is 4.34. The van der Waals surface area contributed by atoms with E-state index in [0.717, 1.165) is 27.9 Å². The Hall–Kier alpha value is -2.16. The lowest BCUT2D eigenvalue weighted by Gasteiger charge is -1.99. The molecular weight excluding hydrogens is 198 g/mol. The largest absolute Gasteiger partial charge is 0.344 e.